The van der Waals surface area contributed by atoms with Crippen molar-refractivity contribution in [1.82, 2.24) is 10.1 Å². The van der Waals surface area contributed by atoms with Crippen LogP contribution in [0, 0.1) is 6.92 Å². The summed E-state index contributed by atoms with van der Waals surface area (Å²) in [5.74, 6) is 1.01. The van der Waals surface area contributed by atoms with Gasteiger partial charge in [0, 0.05) is 19.7 Å². The number of thioether (sulfide) groups is 1. The third-order valence-corrected chi connectivity index (χ3v) is 5.55. The zero-order valence-electron chi connectivity index (χ0n) is 16.1. The van der Waals surface area contributed by atoms with Crippen LogP contribution in [-0.4, -0.2) is 39.9 Å². The number of fused-ring (bicyclic) bond motifs is 1. The lowest BCUT2D eigenvalue weighted by Gasteiger charge is -2.19. The standard InChI is InChI=1S/C21H23N3O3S/c1-14-11-19(23-27-14)22-21(26)15(2)28-13-20(25)24(3)12-17-9-6-8-16-7-4-5-10-18(16)17/h4-11,15H,12-13H2,1-3H3,(H,22,23,26). The van der Waals surface area contributed by atoms with Crippen molar-refractivity contribution in [3.8, 4) is 0 Å². The molecular weight excluding hydrogens is 374 g/mol. The van der Waals surface area contributed by atoms with E-state index in [0.29, 0.717) is 18.1 Å². The maximum Gasteiger partial charge on any atom is 0.238 e. The summed E-state index contributed by atoms with van der Waals surface area (Å²) in [7, 11) is 1.79. The lowest BCUT2D eigenvalue weighted by Crippen LogP contribution is -2.30. The summed E-state index contributed by atoms with van der Waals surface area (Å²) in [5.41, 5.74) is 1.10. The summed E-state index contributed by atoms with van der Waals surface area (Å²) in [6.07, 6.45) is 0. The minimum absolute atomic E-state index is 0.0186. The molecule has 3 aromatic rings. The van der Waals surface area contributed by atoms with Crippen LogP contribution in [0.4, 0.5) is 5.82 Å². The first kappa shape index (κ1) is 19.9. The van der Waals surface area contributed by atoms with Crippen molar-refractivity contribution in [3.05, 3.63) is 59.9 Å². The van der Waals surface area contributed by atoms with Gasteiger partial charge in [-0.15, -0.1) is 11.8 Å². The molecular formula is C21H23N3O3S. The van der Waals surface area contributed by atoms with Gasteiger partial charge >= 0.3 is 0 Å². The first-order chi connectivity index (χ1) is 13.4. The van der Waals surface area contributed by atoms with Crippen molar-refractivity contribution in [1.29, 1.82) is 0 Å². The normalized spacial score (nSPS) is 12.0. The summed E-state index contributed by atoms with van der Waals surface area (Å²) in [4.78, 5) is 26.4. The number of anilines is 1. The number of carbonyl (C=O) groups excluding carboxylic acids is 2. The van der Waals surface area contributed by atoms with E-state index in [4.69, 9.17) is 4.52 Å². The van der Waals surface area contributed by atoms with E-state index in [1.54, 1.807) is 31.9 Å². The summed E-state index contributed by atoms with van der Waals surface area (Å²) in [5, 5.41) is 8.35. The van der Waals surface area contributed by atoms with Gasteiger partial charge in [-0.3, -0.25) is 9.59 Å². The zero-order valence-corrected chi connectivity index (χ0v) is 17.0. The topological polar surface area (TPSA) is 75.4 Å². The maximum atomic E-state index is 12.5. The van der Waals surface area contributed by atoms with Crippen LogP contribution in [-0.2, 0) is 16.1 Å². The van der Waals surface area contributed by atoms with Gasteiger partial charge in [0.05, 0.1) is 11.0 Å². The molecule has 28 heavy (non-hydrogen) atoms. The van der Waals surface area contributed by atoms with Gasteiger partial charge < -0.3 is 14.7 Å². The number of nitrogens with zero attached hydrogens (tertiary/aromatic N) is 2. The lowest BCUT2D eigenvalue weighted by atomic mass is 10.0. The van der Waals surface area contributed by atoms with E-state index in [-0.39, 0.29) is 22.8 Å². The van der Waals surface area contributed by atoms with Gasteiger partial charge in [0.2, 0.25) is 11.8 Å². The number of amides is 2. The highest BCUT2D eigenvalue weighted by Gasteiger charge is 2.18. The third kappa shape index (κ3) is 4.92. The highest BCUT2D eigenvalue weighted by molar-refractivity contribution is 8.01. The molecule has 2 aromatic carbocycles. The SMILES string of the molecule is Cc1cc(NC(=O)C(C)SCC(=O)N(C)Cc2cccc3ccccc23)no1. The Morgan fingerprint density at radius 2 is 1.96 bits per heavy atom. The molecule has 1 aromatic heterocycles. The molecule has 0 spiro atoms. The molecule has 1 unspecified atom stereocenters. The Balaban J connectivity index is 1.53. The number of rotatable bonds is 7. The predicted octanol–water partition coefficient (Wildman–Crippen LogP) is 3.86. The molecule has 1 atom stereocenters. The molecule has 0 aliphatic rings. The van der Waals surface area contributed by atoms with Gasteiger partial charge in [-0.25, -0.2) is 0 Å². The number of hydrogen-bond donors (Lipinski definition) is 1. The van der Waals surface area contributed by atoms with Crippen LogP contribution in [0.2, 0.25) is 0 Å². The van der Waals surface area contributed by atoms with E-state index < -0.39 is 0 Å². The fraction of sp³-hybridized carbons (Fsp3) is 0.286. The molecule has 0 bridgehead atoms. The van der Waals surface area contributed by atoms with Crippen molar-refractivity contribution < 1.29 is 14.1 Å². The number of nitrogens with one attached hydrogen (secondary N) is 1. The van der Waals surface area contributed by atoms with Gasteiger partial charge in [-0.05, 0) is 30.2 Å². The Kier molecular flexibility index (Phi) is 6.36. The van der Waals surface area contributed by atoms with E-state index in [0.717, 1.165) is 16.3 Å². The van der Waals surface area contributed by atoms with Gasteiger partial charge in [0.15, 0.2) is 5.82 Å². The van der Waals surface area contributed by atoms with E-state index in [1.165, 1.54) is 11.8 Å². The number of aryl methyl sites for hydroxylation is 1. The minimum Gasteiger partial charge on any atom is -0.360 e. The summed E-state index contributed by atoms with van der Waals surface area (Å²) < 4.78 is 4.93. The van der Waals surface area contributed by atoms with Crippen molar-refractivity contribution in [2.45, 2.75) is 25.6 Å². The Hall–Kier alpha value is -2.80. The van der Waals surface area contributed by atoms with Crippen molar-refractivity contribution >= 4 is 40.2 Å². The van der Waals surface area contributed by atoms with Gasteiger partial charge in [0.1, 0.15) is 5.76 Å². The van der Waals surface area contributed by atoms with E-state index in [1.807, 2.05) is 24.3 Å². The van der Waals surface area contributed by atoms with E-state index in [9.17, 15) is 9.59 Å². The van der Waals surface area contributed by atoms with Crippen LogP contribution >= 0.6 is 11.8 Å². The molecule has 6 nitrogen and oxygen atoms in total. The minimum atomic E-state index is -0.382. The molecule has 146 valence electrons. The maximum absolute atomic E-state index is 12.5. The molecule has 0 aliphatic carbocycles. The number of aromatic nitrogens is 1. The van der Waals surface area contributed by atoms with E-state index >= 15 is 0 Å². The summed E-state index contributed by atoms with van der Waals surface area (Å²) in [6, 6.07) is 15.9. The van der Waals surface area contributed by atoms with Crippen LogP contribution in [0.15, 0.2) is 53.1 Å². The average molecular weight is 398 g/mol. The quantitative estimate of drug-likeness (QED) is 0.655. The molecule has 0 fully saturated rings. The molecule has 0 saturated heterocycles. The van der Waals surface area contributed by atoms with Crippen LogP contribution in [0.5, 0.6) is 0 Å². The summed E-state index contributed by atoms with van der Waals surface area (Å²) >= 11 is 1.30. The molecule has 0 saturated carbocycles. The second kappa shape index (κ2) is 8.93. The van der Waals surface area contributed by atoms with E-state index in [2.05, 4.69) is 28.7 Å². The molecule has 0 aliphatic heterocycles. The second-order valence-electron chi connectivity index (χ2n) is 6.65. The number of carbonyl (C=O) groups is 2. The number of hydrogen-bond acceptors (Lipinski definition) is 5. The molecule has 7 heteroatoms. The summed E-state index contributed by atoms with van der Waals surface area (Å²) in [6.45, 7) is 4.05. The Morgan fingerprint density at radius 3 is 2.71 bits per heavy atom. The highest BCUT2D eigenvalue weighted by atomic mass is 32.2. The van der Waals surface area contributed by atoms with Gasteiger partial charge in [0.25, 0.3) is 0 Å². The first-order valence-corrected chi connectivity index (χ1v) is 10.1. The van der Waals surface area contributed by atoms with Gasteiger partial charge in [-0.1, -0.05) is 47.6 Å². The Labute approximate surface area is 168 Å². The van der Waals surface area contributed by atoms with Crippen LogP contribution < -0.4 is 5.32 Å². The molecule has 0 radical (unpaired) electrons. The smallest absolute Gasteiger partial charge is 0.238 e. The largest absolute Gasteiger partial charge is 0.360 e. The Morgan fingerprint density at radius 1 is 1.21 bits per heavy atom. The monoisotopic (exact) mass is 397 g/mol. The second-order valence-corrected chi connectivity index (χ2v) is 7.98. The van der Waals surface area contributed by atoms with Crippen LogP contribution in [0.25, 0.3) is 10.8 Å². The van der Waals surface area contributed by atoms with Crippen molar-refractivity contribution in [2.24, 2.45) is 0 Å². The number of benzene rings is 2. The fourth-order valence-electron chi connectivity index (χ4n) is 2.81. The highest BCUT2D eigenvalue weighted by Crippen LogP contribution is 2.20. The zero-order chi connectivity index (χ0) is 20.1. The predicted molar refractivity (Wildman–Crippen MR) is 112 cm³/mol. The van der Waals surface area contributed by atoms with Gasteiger partial charge in [-0.2, -0.15) is 0 Å². The Bertz CT molecular complexity index is 980. The van der Waals surface area contributed by atoms with Crippen LogP contribution in [0.1, 0.15) is 18.2 Å². The van der Waals surface area contributed by atoms with Crippen molar-refractivity contribution in [3.63, 3.8) is 0 Å². The molecule has 1 N–H and O–H groups in total. The molecule has 2 amide bonds. The first-order valence-electron chi connectivity index (χ1n) is 9.00. The fourth-order valence-corrected chi connectivity index (χ4v) is 3.63. The molecule has 1 heterocycles. The lowest BCUT2D eigenvalue weighted by molar-refractivity contribution is -0.127. The van der Waals surface area contributed by atoms with Crippen molar-refractivity contribution in [2.75, 3.05) is 18.1 Å². The third-order valence-electron chi connectivity index (χ3n) is 4.42. The molecule has 3 rings (SSSR count). The average Bonchev–Trinajstić information content (AvgIpc) is 3.10. The van der Waals surface area contributed by atoms with Crippen LogP contribution in [0.3, 0.4) is 0 Å².